The molecule has 21 heavy (non-hydrogen) atoms. The zero-order valence-corrected chi connectivity index (χ0v) is 12.7. The van der Waals surface area contributed by atoms with Crippen molar-refractivity contribution in [3.8, 4) is 0 Å². The smallest absolute Gasteiger partial charge is 0.190 e. The Bertz CT molecular complexity index is 723. The van der Waals surface area contributed by atoms with Gasteiger partial charge in [0.05, 0.1) is 5.92 Å². The summed E-state index contributed by atoms with van der Waals surface area (Å²) in [7, 11) is 1.85. The van der Waals surface area contributed by atoms with E-state index in [4.69, 9.17) is 0 Å². The first kappa shape index (κ1) is 14.0. The number of nitrogens with zero attached hydrogens (tertiary/aromatic N) is 3. The molecule has 2 aromatic rings. The van der Waals surface area contributed by atoms with Crippen LogP contribution in [0.15, 0.2) is 29.4 Å². The lowest BCUT2D eigenvalue weighted by Gasteiger charge is -2.21. The number of ketones is 2. The van der Waals surface area contributed by atoms with Gasteiger partial charge >= 0.3 is 0 Å². The fourth-order valence-electron chi connectivity index (χ4n) is 2.65. The van der Waals surface area contributed by atoms with E-state index in [1.54, 1.807) is 6.07 Å². The second-order valence-electron chi connectivity index (χ2n) is 5.08. The molecule has 108 valence electrons. The van der Waals surface area contributed by atoms with E-state index in [9.17, 15) is 9.59 Å². The molecule has 3 rings (SSSR count). The molecule has 1 heterocycles. The average molecular weight is 301 g/mol. The number of carbonyl (C=O) groups is 2. The molecule has 1 aromatic heterocycles. The normalized spacial score (nSPS) is 17.9. The standard InChI is InChI=1S/C15H15N3O2S/c1-18-13(16-17-15(18)21-2)8-11-12(19)7-9-5-3-4-6-10(9)14(11)20/h3-6,11H,7-8H2,1-2H3. The zero-order valence-electron chi connectivity index (χ0n) is 11.9. The van der Waals surface area contributed by atoms with Crippen molar-refractivity contribution in [2.75, 3.05) is 6.26 Å². The van der Waals surface area contributed by atoms with Crippen molar-refractivity contribution < 1.29 is 9.59 Å². The van der Waals surface area contributed by atoms with Gasteiger partial charge in [0, 0.05) is 25.5 Å². The largest absolute Gasteiger partial charge is 0.309 e. The Morgan fingerprint density at radius 2 is 2.05 bits per heavy atom. The molecule has 0 fully saturated rings. The van der Waals surface area contributed by atoms with Crippen LogP contribution in [0.25, 0.3) is 0 Å². The summed E-state index contributed by atoms with van der Waals surface area (Å²) in [6.07, 6.45) is 2.55. The number of benzene rings is 1. The molecule has 1 aliphatic carbocycles. The van der Waals surface area contributed by atoms with E-state index in [1.165, 1.54) is 11.8 Å². The molecule has 0 bridgehead atoms. The van der Waals surface area contributed by atoms with Crippen molar-refractivity contribution in [2.45, 2.75) is 18.0 Å². The highest BCUT2D eigenvalue weighted by molar-refractivity contribution is 7.98. The van der Waals surface area contributed by atoms with E-state index in [0.717, 1.165) is 10.7 Å². The lowest BCUT2D eigenvalue weighted by molar-refractivity contribution is -0.121. The summed E-state index contributed by atoms with van der Waals surface area (Å²) in [5, 5.41) is 8.92. The maximum absolute atomic E-state index is 12.5. The Labute approximate surface area is 126 Å². The maximum atomic E-state index is 12.5. The summed E-state index contributed by atoms with van der Waals surface area (Å²) in [4.78, 5) is 24.8. The molecule has 6 heteroatoms. The van der Waals surface area contributed by atoms with Gasteiger partial charge in [0.2, 0.25) is 0 Å². The van der Waals surface area contributed by atoms with Crippen molar-refractivity contribution in [1.29, 1.82) is 0 Å². The molecule has 0 aliphatic heterocycles. The van der Waals surface area contributed by atoms with Crippen molar-refractivity contribution in [1.82, 2.24) is 14.8 Å². The third-order valence-electron chi connectivity index (χ3n) is 3.85. The predicted molar refractivity (Wildman–Crippen MR) is 79.5 cm³/mol. The molecule has 1 aliphatic rings. The fraction of sp³-hybridized carbons (Fsp3) is 0.333. The molecular weight excluding hydrogens is 286 g/mol. The monoisotopic (exact) mass is 301 g/mol. The van der Waals surface area contributed by atoms with Crippen LogP contribution in [-0.2, 0) is 24.7 Å². The second kappa shape index (κ2) is 5.44. The molecule has 0 N–H and O–H groups in total. The highest BCUT2D eigenvalue weighted by atomic mass is 32.2. The van der Waals surface area contributed by atoms with Crippen molar-refractivity contribution in [3.63, 3.8) is 0 Å². The van der Waals surface area contributed by atoms with Crippen LogP contribution in [0.1, 0.15) is 21.7 Å². The summed E-state index contributed by atoms with van der Waals surface area (Å²) in [5.41, 5.74) is 1.49. The van der Waals surface area contributed by atoms with Gasteiger partial charge in [0.25, 0.3) is 0 Å². The molecule has 0 saturated heterocycles. The molecule has 1 aromatic carbocycles. The van der Waals surface area contributed by atoms with Gasteiger partial charge in [-0.2, -0.15) is 0 Å². The van der Waals surface area contributed by atoms with Crippen molar-refractivity contribution >= 4 is 23.3 Å². The number of rotatable bonds is 3. The van der Waals surface area contributed by atoms with Crippen LogP contribution in [0.2, 0.25) is 0 Å². The molecular formula is C15H15N3O2S. The van der Waals surface area contributed by atoms with E-state index >= 15 is 0 Å². The van der Waals surface area contributed by atoms with Crippen LogP contribution in [-0.4, -0.2) is 32.6 Å². The van der Waals surface area contributed by atoms with Crippen molar-refractivity contribution in [2.24, 2.45) is 13.0 Å². The molecule has 0 spiro atoms. The highest BCUT2D eigenvalue weighted by Crippen LogP contribution is 2.26. The Kier molecular flexibility index (Phi) is 3.63. The summed E-state index contributed by atoms with van der Waals surface area (Å²) in [6.45, 7) is 0. The molecule has 5 nitrogen and oxygen atoms in total. The number of carbonyl (C=O) groups excluding carboxylic acids is 2. The third kappa shape index (κ3) is 2.40. The minimum absolute atomic E-state index is 0.0348. The van der Waals surface area contributed by atoms with E-state index in [-0.39, 0.29) is 11.6 Å². The molecule has 0 amide bonds. The minimum Gasteiger partial charge on any atom is -0.309 e. The SMILES string of the molecule is CSc1nnc(CC2C(=O)Cc3ccccc3C2=O)n1C. The Balaban J connectivity index is 1.91. The molecule has 1 unspecified atom stereocenters. The Morgan fingerprint density at radius 3 is 2.76 bits per heavy atom. The Hall–Kier alpha value is -1.95. The van der Waals surface area contributed by atoms with Crippen LogP contribution in [0.3, 0.4) is 0 Å². The van der Waals surface area contributed by atoms with Crippen LogP contribution in [0.4, 0.5) is 0 Å². The Morgan fingerprint density at radius 1 is 1.29 bits per heavy atom. The summed E-state index contributed by atoms with van der Waals surface area (Å²) in [6, 6.07) is 7.32. The quantitative estimate of drug-likeness (QED) is 0.638. The van der Waals surface area contributed by atoms with Gasteiger partial charge in [-0.1, -0.05) is 36.0 Å². The van der Waals surface area contributed by atoms with Crippen LogP contribution < -0.4 is 0 Å². The number of hydrogen-bond donors (Lipinski definition) is 0. The van der Waals surface area contributed by atoms with E-state index in [2.05, 4.69) is 10.2 Å². The third-order valence-corrected chi connectivity index (χ3v) is 4.57. The van der Waals surface area contributed by atoms with Crippen LogP contribution >= 0.6 is 11.8 Å². The van der Waals surface area contributed by atoms with Crippen LogP contribution in [0.5, 0.6) is 0 Å². The van der Waals surface area contributed by atoms with Crippen molar-refractivity contribution in [3.05, 3.63) is 41.2 Å². The number of aromatic nitrogens is 3. The first-order valence-corrected chi connectivity index (χ1v) is 7.91. The fourth-order valence-corrected chi connectivity index (χ4v) is 3.15. The first-order chi connectivity index (χ1) is 10.1. The van der Waals surface area contributed by atoms with E-state index < -0.39 is 5.92 Å². The van der Waals surface area contributed by atoms with E-state index in [0.29, 0.717) is 24.2 Å². The van der Waals surface area contributed by atoms with Crippen LogP contribution in [0, 0.1) is 5.92 Å². The van der Waals surface area contributed by atoms with Gasteiger partial charge in [-0.3, -0.25) is 9.59 Å². The number of fused-ring (bicyclic) bond motifs is 1. The number of Topliss-reactive ketones (excluding diaryl/α,β-unsaturated/α-hetero) is 2. The minimum atomic E-state index is -0.641. The summed E-state index contributed by atoms with van der Waals surface area (Å²) >= 11 is 1.49. The van der Waals surface area contributed by atoms with Gasteiger partial charge in [0.1, 0.15) is 11.6 Å². The first-order valence-electron chi connectivity index (χ1n) is 6.69. The topological polar surface area (TPSA) is 64.8 Å². The second-order valence-corrected chi connectivity index (χ2v) is 5.86. The molecule has 0 radical (unpaired) electrons. The van der Waals surface area contributed by atoms with Gasteiger partial charge in [-0.05, 0) is 11.8 Å². The van der Waals surface area contributed by atoms with Gasteiger partial charge in [0.15, 0.2) is 10.9 Å². The molecule has 1 atom stereocenters. The highest BCUT2D eigenvalue weighted by Gasteiger charge is 2.35. The predicted octanol–water partition coefficient (Wildman–Crippen LogP) is 1.70. The lowest BCUT2D eigenvalue weighted by atomic mass is 9.80. The lowest BCUT2D eigenvalue weighted by Crippen LogP contribution is -2.34. The summed E-state index contributed by atoms with van der Waals surface area (Å²) < 4.78 is 1.84. The average Bonchev–Trinajstić information content (AvgIpc) is 2.84. The maximum Gasteiger partial charge on any atom is 0.190 e. The summed E-state index contributed by atoms with van der Waals surface area (Å²) in [5.74, 6) is -0.106. The zero-order chi connectivity index (χ0) is 15.0. The van der Waals surface area contributed by atoms with Gasteiger partial charge < -0.3 is 4.57 Å². The van der Waals surface area contributed by atoms with Gasteiger partial charge in [-0.25, -0.2) is 0 Å². The number of thioether (sulfide) groups is 1. The molecule has 0 saturated carbocycles. The number of hydrogen-bond acceptors (Lipinski definition) is 5. The van der Waals surface area contributed by atoms with Gasteiger partial charge in [-0.15, -0.1) is 10.2 Å². The van der Waals surface area contributed by atoms with E-state index in [1.807, 2.05) is 36.1 Å².